The average Bonchev–Trinajstić information content (AvgIpc) is 3.15. The molecule has 1 saturated heterocycles. The van der Waals surface area contributed by atoms with Gasteiger partial charge >= 0.3 is 13.1 Å². The van der Waals surface area contributed by atoms with Crippen molar-refractivity contribution in [1.29, 1.82) is 0 Å². The number of nitrogens with zero attached hydrogens (tertiary/aromatic N) is 2. The molecule has 1 unspecified atom stereocenters. The standard InChI is InChI=1S/C19H24BClN2O4/c1-18(2)19(3,4)27-20(26-18)16(10-17(24)25-5)13-11-22-23(12-13)15-8-6-7-14(21)9-15/h6-9,11-12,16H,10H2,1-5H3. The van der Waals surface area contributed by atoms with Gasteiger partial charge in [-0.2, -0.15) is 5.10 Å². The summed E-state index contributed by atoms with van der Waals surface area (Å²) in [4.78, 5) is 12.0. The summed E-state index contributed by atoms with van der Waals surface area (Å²) >= 11 is 6.08. The Morgan fingerprint density at radius 3 is 2.56 bits per heavy atom. The molecule has 0 saturated carbocycles. The van der Waals surface area contributed by atoms with Gasteiger partial charge in [0.05, 0.1) is 36.6 Å². The van der Waals surface area contributed by atoms with Crippen LogP contribution >= 0.6 is 11.6 Å². The molecule has 3 rings (SSSR count). The highest BCUT2D eigenvalue weighted by Crippen LogP contribution is 2.41. The van der Waals surface area contributed by atoms with E-state index in [1.54, 1.807) is 16.9 Å². The van der Waals surface area contributed by atoms with Crippen molar-refractivity contribution in [2.24, 2.45) is 0 Å². The van der Waals surface area contributed by atoms with Crippen molar-refractivity contribution in [2.75, 3.05) is 7.11 Å². The van der Waals surface area contributed by atoms with Gasteiger partial charge in [0, 0.05) is 17.0 Å². The van der Waals surface area contributed by atoms with E-state index in [-0.39, 0.29) is 18.2 Å². The van der Waals surface area contributed by atoms with Crippen LogP contribution in [-0.4, -0.2) is 41.2 Å². The first kappa shape index (κ1) is 19.9. The number of hydrogen-bond donors (Lipinski definition) is 0. The van der Waals surface area contributed by atoms with Crippen molar-refractivity contribution in [3.8, 4) is 5.69 Å². The highest BCUT2D eigenvalue weighted by Gasteiger charge is 2.54. The number of methoxy groups -OCH3 is 1. The summed E-state index contributed by atoms with van der Waals surface area (Å²) < 4.78 is 18.9. The van der Waals surface area contributed by atoms with Crippen LogP contribution < -0.4 is 0 Å². The molecular weight excluding hydrogens is 366 g/mol. The zero-order valence-corrected chi connectivity index (χ0v) is 17.0. The summed E-state index contributed by atoms with van der Waals surface area (Å²) in [7, 11) is 0.796. The Balaban J connectivity index is 1.92. The predicted octanol–water partition coefficient (Wildman–Crippen LogP) is 3.80. The lowest BCUT2D eigenvalue weighted by Gasteiger charge is -2.32. The van der Waals surface area contributed by atoms with E-state index in [0.29, 0.717) is 5.02 Å². The van der Waals surface area contributed by atoms with Crippen molar-refractivity contribution in [2.45, 2.75) is 51.1 Å². The third-order valence-electron chi connectivity index (χ3n) is 5.32. The van der Waals surface area contributed by atoms with Crippen molar-refractivity contribution in [1.82, 2.24) is 9.78 Å². The van der Waals surface area contributed by atoms with E-state index < -0.39 is 18.3 Å². The first-order valence-corrected chi connectivity index (χ1v) is 9.24. The van der Waals surface area contributed by atoms with Gasteiger partial charge in [-0.1, -0.05) is 17.7 Å². The molecule has 1 aliphatic rings. The van der Waals surface area contributed by atoms with Crippen LogP contribution in [0.3, 0.4) is 0 Å². The number of ether oxygens (including phenoxy) is 1. The summed E-state index contributed by atoms with van der Waals surface area (Å²) in [6.07, 6.45) is 3.72. The minimum atomic E-state index is -0.578. The third-order valence-corrected chi connectivity index (χ3v) is 5.55. The predicted molar refractivity (Wildman–Crippen MR) is 104 cm³/mol. The van der Waals surface area contributed by atoms with Gasteiger partial charge in [0.25, 0.3) is 0 Å². The van der Waals surface area contributed by atoms with Gasteiger partial charge < -0.3 is 14.0 Å². The van der Waals surface area contributed by atoms with Crippen LogP contribution in [0.1, 0.15) is 45.5 Å². The summed E-state index contributed by atoms with van der Waals surface area (Å²) in [5, 5.41) is 5.05. The molecule has 2 aromatic rings. The molecule has 1 aliphatic heterocycles. The van der Waals surface area contributed by atoms with E-state index >= 15 is 0 Å². The molecule has 2 heterocycles. The van der Waals surface area contributed by atoms with Gasteiger partial charge in [-0.3, -0.25) is 4.79 Å². The minimum Gasteiger partial charge on any atom is -0.469 e. The third kappa shape index (κ3) is 4.05. The van der Waals surface area contributed by atoms with E-state index in [1.165, 1.54) is 7.11 Å². The molecule has 0 radical (unpaired) electrons. The van der Waals surface area contributed by atoms with Crippen molar-refractivity contribution < 1.29 is 18.8 Å². The van der Waals surface area contributed by atoms with Gasteiger partial charge in [-0.05, 0) is 51.5 Å². The van der Waals surface area contributed by atoms with Crippen molar-refractivity contribution in [3.05, 3.63) is 47.2 Å². The second-order valence-corrected chi connectivity index (χ2v) is 8.15. The molecular formula is C19H24BClN2O4. The first-order chi connectivity index (χ1) is 12.6. The maximum Gasteiger partial charge on any atom is 0.466 e. The number of rotatable bonds is 5. The molecule has 0 amide bonds. The number of benzene rings is 1. The Labute approximate surface area is 164 Å². The molecule has 1 fully saturated rings. The van der Waals surface area contributed by atoms with Gasteiger partial charge in [0.15, 0.2) is 0 Å². The van der Waals surface area contributed by atoms with Crippen LogP contribution in [0.15, 0.2) is 36.7 Å². The van der Waals surface area contributed by atoms with Gasteiger partial charge in [-0.25, -0.2) is 4.68 Å². The second-order valence-electron chi connectivity index (χ2n) is 7.71. The van der Waals surface area contributed by atoms with Crippen molar-refractivity contribution in [3.63, 3.8) is 0 Å². The molecule has 27 heavy (non-hydrogen) atoms. The fraction of sp³-hybridized carbons (Fsp3) is 0.474. The normalized spacial score (nSPS) is 19.1. The number of hydrogen-bond acceptors (Lipinski definition) is 5. The lowest BCUT2D eigenvalue weighted by atomic mass is 9.67. The molecule has 0 spiro atoms. The van der Waals surface area contributed by atoms with Crippen LogP contribution in [0.5, 0.6) is 0 Å². The number of aromatic nitrogens is 2. The van der Waals surface area contributed by atoms with E-state index in [1.807, 2.05) is 52.1 Å². The van der Waals surface area contributed by atoms with E-state index in [0.717, 1.165) is 11.3 Å². The molecule has 1 atom stereocenters. The number of carbonyl (C=O) groups is 1. The Morgan fingerprint density at radius 1 is 1.30 bits per heavy atom. The molecule has 144 valence electrons. The van der Waals surface area contributed by atoms with E-state index in [9.17, 15) is 4.79 Å². The van der Waals surface area contributed by atoms with E-state index in [4.69, 9.17) is 25.6 Å². The monoisotopic (exact) mass is 390 g/mol. The van der Waals surface area contributed by atoms with Crippen LogP contribution in [0.2, 0.25) is 5.02 Å². The van der Waals surface area contributed by atoms with Crippen LogP contribution in [-0.2, 0) is 18.8 Å². The van der Waals surface area contributed by atoms with Crippen LogP contribution in [0, 0.1) is 0 Å². The zero-order valence-electron chi connectivity index (χ0n) is 16.2. The zero-order chi connectivity index (χ0) is 19.8. The van der Waals surface area contributed by atoms with Crippen molar-refractivity contribution >= 4 is 24.7 Å². The fourth-order valence-electron chi connectivity index (χ4n) is 2.98. The Kier molecular flexibility index (Phi) is 5.39. The summed E-state index contributed by atoms with van der Waals surface area (Å²) in [5.74, 6) is -0.670. The molecule has 0 N–H and O–H groups in total. The maximum absolute atomic E-state index is 12.0. The maximum atomic E-state index is 12.0. The summed E-state index contributed by atoms with van der Waals surface area (Å²) in [5.41, 5.74) is 0.683. The lowest BCUT2D eigenvalue weighted by Crippen LogP contribution is -2.41. The molecule has 0 aliphatic carbocycles. The lowest BCUT2D eigenvalue weighted by molar-refractivity contribution is -0.140. The largest absolute Gasteiger partial charge is 0.469 e. The number of carbonyl (C=O) groups excluding carboxylic acids is 1. The molecule has 1 aromatic carbocycles. The highest BCUT2D eigenvalue weighted by molar-refractivity contribution is 6.48. The molecule has 8 heteroatoms. The Hall–Kier alpha value is -1.83. The van der Waals surface area contributed by atoms with Gasteiger partial charge in [0.2, 0.25) is 0 Å². The SMILES string of the molecule is COC(=O)CC(B1OC(C)(C)C(C)(C)O1)c1cnn(-c2cccc(Cl)c2)c1. The first-order valence-electron chi connectivity index (χ1n) is 8.86. The molecule has 0 bridgehead atoms. The summed E-state index contributed by atoms with van der Waals surface area (Å²) in [6, 6.07) is 7.40. The fourth-order valence-corrected chi connectivity index (χ4v) is 3.16. The quantitative estimate of drug-likeness (QED) is 0.574. The molecule has 1 aromatic heterocycles. The number of halogens is 1. The smallest absolute Gasteiger partial charge is 0.466 e. The number of esters is 1. The summed E-state index contributed by atoms with van der Waals surface area (Å²) in [6.45, 7) is 7.93. The van der Waals surface area contributed by atoms with Crippen LogP contribution in [0.25, 0.3) is 5.69 Å². The van der Waals surface area contributed by atoms with Crippen LogP contribution in [0.4, 0.5) is 0 Å². The minimum absolute atomic E-state index is 0.133. The molecule has 6 nitrogen and oxygen atoms in total. The highest BCUT2D eigenvalue weighted by atomic mass is 35.5. The topological polar surface area (TPSA) is 62.6 Å². The van der Waals surface area contributed by atoms with Gasteiger partial charge in [0.1, 0.15) is 0 Å². The Bertz CT molecular complexity index is 821. The second kappa shape index (κ2) is 7.30. The average molecular weight is 391 g/mol. The Morgan fingerprint density at radius 2 is 1.96 bits per heavy atom. The van der Waals surface area contributed by atoms with E-state index in [2.05, 4.69) is 5.10 Å². The van der Waals surface area contributed by atoms with Gasteiger partial charge in [-0.15, -0.1) is 0 Å².